The van der Waals surface area contributed by atoms with Crippen molar-refractivity contribution >= 4 is 6.03 Å². The fourth-order valence-corrected chi connectivity index (χ4v) is 1.95. The third-order valence-electron chi connectivity index (χ3n) is 3.14. The highest BCUT2D eigenvalue weighted by atomic mass is 19.4. The van der Waals surface area contributed by atoms with E-state index in [2.05, 4.69) is 11.9 Å². The first-order valence-electron chi connectivity index (χ1n) is 6.77. The topological polar surface area (TPSA) is 41.6 Å². The van der Waals surface area contributed by atoms with E-state index in [0.29, 0.717) is 19.6 Å². The molecule has 2 rings (SSSR count). The predicted molar refractivity (Wildman–Crippen MR) is 75.6 cm³/mol. The van der Waals surface area contributed by atoms with E-state index < -0.39 is 11.7 Å². The zero-order valence-corrected chi connectivity index (χ0v) is 12.1. The summed E-state index contributed by atoms with van der Waals surface area (Å²) in [5, 5.41) is 2.68. The predicted octanol–water partition coefficient (Wildman–Crippen LogP) is 3.05. The van der Waals surface area contributed by atoms with Gasteiger partial charge in [0.2, 0.25) is 0 Å². The van der Waals surface area contributed by atoms with Gasteiger partial charge in [-0.1, -0.05) is 18.2 Å². The molecule has 0 aromatic heterocycles. The van der Waals surface area contributed by atoms with Gasteiger partial charge in [-0.05, 0) is 25.1 Å². The highest BCUT2D eigenvalue weighted by Gasteiger charge is 2.33. The highest BCUT2D eigenvalue weighted by Crippen LogP contribution is 2.31. The number of halogens is 3. The molecule has 0 atom stereocenters. The van der Waals surface area contributed by atoms with Crippen LogP contribution in [0.1, 0.15) is 12.5 Å². The zero-order chi connectivity index (χ0) is 16.3. The Morgan fingerprint density at radius 1 is 1.45 bits per heavy atom. The van der Waals surface area contributed by atoms with Gasteiger partial charge >= 0.3 is 12.2 Å². The molecule has 1 aromatic carbocycles. The van der Waals surface area contributed by atoms with Gasteiger partial charge in [0.1, 0.15) is 11.9 Å². The molecule has 1 fully saturated rings. The summed E-state index contributed by atoms with van der Waals surface area (Å²) in [4.78, 5) is 13.2. The van der Waals surface area contributed by atoms with Crippen LogP contribution >= 0.6 is 0 Å². The van der Waals surface area contributed by atoms with E-state index in [4.69, 9.17) is 4.74 Å². The van der Waals surface area contributed by atoms with Crippen LogP contribution in [0.5, 0.6) is 5.75 Å². The molecule has 0 bridgehead atoms. The molecule has 1 N–H and O–H groups in total. The number of ether oxygens (including phenoxy) is 1. The van der Waals surface area contributed by atoms with Crippen LogP contribution in [0.3, 0.4) is 0 Å². The second-order valence-electron chi connectivity index (χ2n) is 5.29. The lowest BCUT2D eigenvalue weighted by molar-refractivity contribution is -0.137. The molecule has 2 amide bonds. The number of amides is 2. The second-order valence-corrected chi connectivity index (χ2v) is 5.29. The monoisotopic (exact) mass is 314 g/mol. The Hall–Kier alpha value is -2.18. The Morgan fingerprint density at radius 3 is 2.73 bits per heavy atom. The lowest BCUT2D eigenvalue weighted by atomic mass is 10.1. The van der Waals surface area contributed by atoms with E-state index in [9.17, 15) is 18.0 Å². The van der Waals surface area contributed by atoms with Gasteiger partial charge in [0.05, 0.1) is 18.7 Å². The Bertz CT molecular complexity index is 566. The summed E-state index contributed by atoms with van der Waals surface area (Å²) in [5.41, 5.74) is 0.0889. The van der Waals surface area contributed by atoms with E-state index in [1.807, 2.05) is 0 Å². The van der Waals surface area contributed by atoms with E-state index in [1.54, 1.807) is 6.92 Å². The van der Waals surface area contributed by atoms with Gasteiger partial charge in [-0.15, -0.1) is 0 Å². The maximum absolute atomic E-state index is 12.6. The smallest absolute Gasteiger partial charge is 0.416 e. The first-order chi connectivity index (χ1) is 10.3. The Kier molecular flexibility index (Phi) is 4.63. The molecule has 0 spiro atoms. The van der Waals surface area contributed by atoms with Gasteiger partial charge in [0, 0.05) is 6.54 Å². The van der Waals surface area contributed by atoms with Crippen molar-refractivity contribution in [3.63, 3.8) is 0 Å². The molecule has 120 valence electrons. The summed E-state index contributed by atoms with van der Waals surface area (Å²) in [7, 11) is 0. The van der Waals surface area contributed by atoms with Gasteiger partial charge in [0.15, 0.2) is 0 Å². The van der Waals surface area contributed by atoms with Crippen molar-refractivity contribution in [1.82, 2.24) is 10.2 Å². The fraction of sp³-hybridized carbons (Fsp3) is 0.400. The van der Waals surface area contributed by atoms with Crippen molar-refractivity contribution in [1.29, 1.82) is 0 Å². The first-order valence-corrected chi connectivity index (χ1v) is 6.77. The minimum atomic E-state index is -4.40. The van der Waals surface area contributed by atoms with Crippen molar-refractivity contribution in [2.24, 2.45) is 0 Å². The molecule has 4 nitrogen and oxygen atoms in total. The van der Waals surface area contributed by atoms with Crippen LogP contribution in [-0.2, 0) is 6.18 Å². The number of nitrogens with zero attached hydrogens (tertiary/aromatic N) is 1. The summed E-state index contributed by atoms with van der Waals surface area (Å²) in [5.74, 6) is 0.154. The number of hydrogen-bond acceptors (Lipinski definition) is 2. The molecule has 1 aromatic rings. The third kappa shape index (κ3) is 4.16. The van der Waals surface area contributed by atoms with Crippen LogP contribution in [0.15, 0.2) is 36.4 Å². The lowest BCUT2D eigenvalue weighted by Gasteiger charge is -2.38. The first kappa shape index (κ1) is 16.2. The van der Waals surface area contributed by atoms with Gasteiger partial charge < -0.3 is 15.0 Å². The van der Waals surface area contributed by atoms with Crippen LogP contribution < -0.4 is 10.1 Å². The van der Waals surface area contributed by atoms with E-state index in [1.165, 1.54) is 17.0 Å². The number of likely N-dealkylation sites (tertiary alicyclic amines) is 1. The molecular formula is C15H17F3N2O2. The summed E-state index contributed by atoms with van der Waals surface area (Å²) in [6.45, 7) is 6.57. The van der Waals surface area contributed by atoms with Gasteiger partial charge in [-0.2, -0.15) is 13.2 Å². The number of benzene rings is 1. The van der Waals surface area contributed by atoms with E-state index in [-0.39, 0.29) is 17.9 Å². The van der Waals surface area contributed by atoms with Crippen LogP contribution in [0.25, 0.3) is 0 Å². The van der Waals surface area contributed by atoms with Crippen molar-refractivity contribution < 1.29 is 22.7 Å². The molecular weight excluding hydrogens is 297 g/mol. The van der Waals surface area contributed by atoms with Gasteiger partial charge in [-0.3, -0.25) is 0 Å². The Morgan fingerprint density at radius 2 is 2.14 bits per heavy atom. The molecule has 7 heteroatoms. The minimum absolute atomic E-state index is 0.154. The number of urea groups is 1. The largest absolute Gasteiger partial charge is 0.487 e. The van der Waals surface area contributed by atoms with Crippen molar-refractivity contribution in [3.05, 3.63) is 42.0 Å². The SMILES string of the molecule is C=C(C)CNC(=O)N1CC(Oc2cccc(C(F)(F)F)c2)C1. The summed E-state index contributed by atoms with van der Waals surface area (Å²) < 4.78 is 43.2. The molecule has 0 radical (unpaired) electrons. The lowest BCUT2D eigenvalue weighted by Crippen LogP contribution is -2.59. The maximum atomic E-state index is 12.6. The Labute approximate surface area is 126 Å². The molecule has 1 saturated heterocycles. The number of carbonyl (C=O) groups is 1. The number of alkyl halides is 3. The van der Waals surface area contributed by atoms with Crippen LogP contribution in [0, 0.1) is 0 Å². The van der Waals surface area contributed by atoms with E-state index >= 15 is 0 Å². The molecule has 1 heterocycles. The number of hydrogen-bond donors (Lipinski definition) is 1. The number of carbonyl (C=O) groups excluding carboxylic acids is 1. The van der Waals surface area contributed by atoms with Crippen LogP contribution in [-0.4, -0.2) is 36.7 Å². The summed E-state index contributed by atoms with van der Waals surface area (Å²) in [6.07, 6.45) is -4.69. The molecule has 1 aliphatic heterocycles. The molecule has 1 aliphatic rings. The fourth-order valence-electron chi connectivity index (χ4n) is 1.95. The third-order valence-corrected chi connectivity index (χ3v) is 3.14. The Balaban J connectivity index is 1.83. The maximum Gasteiger partial charge on any atom is 0.416 e. The molecule has 0 unspecified atom stereocenters. The van der Waals surface area contributed by atoms with Crippen molar-refractivity contribution in [2.45, 2.75) is 19.2 Å². The van der Waals surface area contributed by atoms with Gasteiger partial charge in [0.25, 0.3) is 0 Å². The minimum Gasteiger partial charge on any atom is -0.487 e. The highest BCUT2D eigenvalue weighted by molar-refractivity contribution is 5.75. The molecule has 0 saturated carbocycles. The van der Waals surface area contributed by atoms with Crippen LogP contribution in [0.4, 0.5) is 18.0 Å². The number of nitrogens with one attached hydrogen (secondary N) is 1. The average molecular weight is 314 g/mol. The summed E-state index contributed by atoms with van der Waals surface area (Å²) >= 11 is 0. The zero-order valence-electron chi connectivity index (χ0n) is 12.1. The normalized spacial score (nSPS) is 15.2. The van der Waals surface area contributed by atoms with Gasteiger partial charge in [-0.25, -0.2) is 4.79 Å². The van der Waals surface area contributed by atoms with Crippen molar-refractivity contribution in [3.8, 4) is 5.75 Å². The molecule has 0 aliphatic carbocycles. The van der Waals surface area contributed by atoms with Crippen LogP contribution in [0.2, 0.25) is 0 Å². The second kappa shape index (κ2) is 6.29. The number of rotatable bonds is 4. The summed E-state index contributed by atoms with van der Waals surface area (Å²) in [6, 6.07) is 4.49. The van der Waals surface area contributed by atoms with Crippen molar-refractivity contribution in [2.75, 3.05) is 19.6 Å². The quantitative estimate of drug-likeness (QED) is 0.868. The molecule has 22 heavy (non-hydrogen) atoms. The average Bonchev–Trinajstić information content (AvgIpc) is 2.39. The van der Waals surface area contributed by atoms with E-state index in [0.717, 1.165) is 17.7 Å². The standard InChI is InChI=1S/C15H17F3N2O2/c1-10(2)7-19-14(21)20-8-13(9-20)22-12-5-3-4-11(6-12)15(16,17)18/h3-6,13H,1,7-9H2,2H3,(H,19,21).